The van der Waals surface area contributed by atoms with Gasteiger partial charge in [-0.2, -0.15) is 0 Å². The molecule has 0 bridgehead atoms. The second-order valence-corrected chi connectivity index (χ2v) is 29.6. The number of esters is 3. The van der Waals surface area contributed by atoms with Gasteiger partial charge in [0.1, 0.15) is 54.8 Å². The van der Waals surface area contributed by atoms with Crippen LogP contribution in [0.1, 0.15) is 317 Å². The van der Waals surface area contributed by atoms with Crippen molar-refractivity contribution in [1.82, 2.24) is 10.6 Å². The number of carbonyl (C=O) groups excluding carboxylic acids is 5. The van der Waals surface area contributed by atoms with Crippen LogP contribution >= 0.6 is 15.6 Å². The maximum absolute atomic E-state index is 14.6. The predicted octanol–water partition coefficient (Wildman–Crippen LogP) is 11.4. The molecule has 28 heteroatoms. The van der Waals surface area contributed by atoms with Crippen LogP contribution in [0.15, 0.2) is 0 Å². The van der Waals surface area contributed by atoms with E-state index in [1.807, 2.05) is 6.92 Å². The molecule has 2 heterocycles. The number of unbranched alkanes of at least 4 members (excludes halogenated alkanes) is 31. The Bertz CT molecular complexity index is 2200. The van der Waals surface area contributed by atoms with Crippen molar-refractivity contribution in [3.05, 3.63) is 0 Å². The first-order valence-electron chi connectivity index (χ1n) is 37.8. The van der Waals surface area contributed by atoms with Crippen LogP contribution in [0.25, 0.3) is 0 Å². The van der Waals surface area contributed by atoms with Crippen LogP contribution in [-0.2, 0) is 70.6 Å². The molecule has 1 unspecified atom stereocenters. The Labute approximate surface area is 585 Å². The Hall–Kier alpha value is -2.75. The minimum Gasteiger partial charge on any atom is -0.462 e. The van der Waals surface area contributed by atoms with Gasteiger partial charge in [-0.1, -0.05) is 247 Å². The molecule has 2 fully saturated rings. The highest BCUT2D eigenvalue weighted by Gasteiger charge is 2.54. The van der Waals surface area contributed by atoms with E-state index < -0.39 is 164 Å². The smallest absolute Gasteiger partial charge is 0.462 e. The molecule has 0 aromatic carbocycles. The lowest BCUT2D eigenvalue weighted by atomic mass is 9.95. The van der Waals surface area contributed by atoms with Crippen molar-refractivity contribution < 1.29 is 116 Å². The first kappa shape index (κ1) is 91.3. The summed E-state index contributed by atoms with van der Waals surface area (Å²) in [5.41, 5.74) is 0. The Kier molecular flexibility index (Phi) is 51.1. The lowest BCUT2D eigenvalue weighted by Gasteiger charge is -2.46. The first-order valence-corrected chi connectivity index (χ1v) is 40.9. The van der Waals surface area contributed by atoms with Crippen molar-refractivity contribution in [2.24, 2.45) is 0 Å². The van der Waals surface area contributed by atoms with Gasteiger partial charge >= 0.3 is 33.6 Å². The van der Waals surface area contributed by atoms with E-state index in [1.165, 1.54) is 19.3 Å². The summed E-state index contributed by atoms with van der Waals surface area (Å²) in [6.45, 7) is 8.51. The van der Waals surface area contributed by atoms with E-state index in [-0.39, 0.29) is 25.7 Å². The zero-order valence-electron chi connectivity index (χ0n) is 60.2. The summed E-state index contributed by atoms with van der Waals surface area (Å²) in [7, 11) is -11.2. The summed E-state index contributed by atoms with van der Waals surface area (Å²) in [5.74, 6) is -4.38. The van der Waals surface area contributed by atoms with E-state index in [9.17, 15) is 78.2 Å². The van der Waals surface area contributed by atoms with Gasteiger partial charge in [-0.15, -0.1) is 0 Å². The molecule has 98 heavy (non-hydrogen) atoms. The highest BCUT2D eigenvalue weighted by atomic mass is 31.2. The van der Waals surface area contributed by atoms with Crippen LogP contribution in [0.2, 0.25) is 0 Å². The molecule has 11 N–H and O–H groups in total. The molecular formula is C70H132N2O24P2. The second kappa shape index (κ2) is 54.8. The number of carbonyl (C=O) groups is 5. The molecule has 2 amide bonds. The fourth-order valence-corrected chi connectivity index (χ4v) is 13.5. The van der Waals surface area contributed by atoms with Crippen LogP contribution < -0.4 is 10.6 Å². The second-order valence-electron chi connectivity index (χ2n) is 27.2. The number of nitrogens with one attached hydrogen (secondary N) is 2. The number of rotatable bonds is 61. The average molecular weight is 1450 g/mol. The lowest BCUT2D eigenvalue weighted by molar-refractivity contribution is -0.296. The monoisotopic (exact) mass is 1450 g/mol. The highest BCUT2D eigenvalue weighted by Crippen LogP contribution is 2.44. The van der Waals surface area contributed by atoms with E-state index in [1.54, 1.807) is 0 Å². The molecule has 26 nitrogen and oxygen atoms in total. The first-order chi connectivity index (χ1) is 46.9. The number of hydrogen-bond donors (Lipinski definition) is 11. The Balaban J connectivity index is 2.55. The molecule has 0 radical (unpaired) electrons. The van der Waals surface area contributed by atoms with Gasteiger partial charge in [0, 0.05) is 6.42 Å². The standard InChI is InChI=1S/C70H132N2O24P2/c1-6-11-16-21-25-27-31-36-41-46-60(78)90-53(43-38-33-28-23-18-13-8-3)48-58(76)71-62-65(81)64(80)57(93-70(62)96-98(86,87)88)51-89-69-63(67(66(56(50-73)92-69)95-97(83,84)85)94-61(79)47-52(74)42-37-32-20-15-10-5)72-59(77)49-54(44-39-34-29-24-19-14-9-4)91-68(82)55(75)45-40-35-30-26-22-17-12-7-2/h52-57,62-67,69-70,73-75,80-81H,6-51H2,1-5H3,(H,71,76)(H,72,77)(H2,83,84,85)(H2,86,87,88)/t52-,53-,54-,55?,56-,57-,62-,63-,64-,65-,66-,67-,69-,70+/m1/s1. The molecular weight excluding hydrogens is 1310 g/mol. The largest absolute Gasteiger partial charge is 0.472 e. The third-order valence-corrected chi connectivity index (χ3v) is 19.2. The van der Waals surface area contributed by atoms with E-state index in [0.717, 1.165) is 173 Å². The molecule has 2 saturated heterocycles. The summed E-state index contributed by atoms with van der Waals surface area (Å²) in [5, 5.41) is 61.3. The lowest BCUT2D eigenvalue weighted by Crippen LogP contribution is -2.67. The summed E-state index contributed by atoms with van der Waals surface area (Å²) in [6, 6.07) is -3.78. The minimum atomic E-state index is -5.60. The summed E-state index contributed by atoms with van der Waals surface area (Å²) in [6.07, 6.45) is 12.1. The number of ether oxygens (including phenoxy) is 6. The van der Waals surface area contributed by atoms with Crippen molar-refractivity contribution in [3.63, 3.8) is 0 Å². The van der Waals surface area contributed by atoms with Crippen molar-refractivity contribution in [2.45, 2.75) is 403 Å². The number of aliphatic hydroxyl groups is 5. The third kappa shape index (κ3) is 42.7. The molecule has 2 aliphatic heterocycles. The van der Waals surface area contributed by atoms with Crippen molar-refractivity contribution in [1.29, 1.82) is 0 Å². The van der Waals surface area contributed by atoms with Crippen LogP contribution in [0.5, 0.6) is 0 Å². The number of aliphatic hydroxyl groups excluding tert-OH is 5. The van der Waals surface area contributed by atoms with Crippen molar-refractivity contribution in [2.75, 3.05) is 13.2 Å². The van der Waals surface area contributed by atoms with Gasteiger partial charge in [0.05, 0.1) is 38.6 Å². The molecule has 0 saturated carbocycles. The summed E-state index contributed by atoms with van der Waals surface area (Å²) < 4.78 is 71.0. The number of amides is 2. The van der Waals surface area contributed by atoms with E-state index in [0.29, 0.717) is 44.9 Å². The topological polar surface area (TPSA) is 399 Å². The summed E-state index contributed by atoms with van der Waals surface area (Å²) >= 11 is 0. The zero-order valence-corrected chi connectivity index (χ0v) is 61.9. The zero-order chi connectivity index (χ0) is 72.6. The Morgan fingerprint density at radius 1 is 0.439 bits per heavy atom. The van der Waals surface area contributed by atoms with Gasteiger partial charge in [-0.3, -0.25) is 28.2 Å². The molecule has 2 rings (SSSR count). The van der Waals surface area contributed by atoms with Crippen LogP contribution in [0.4, 0.5) is 0 Å². The van der Waals surface area contributed by atoms with Gasteiger partial charge in [-0.25, -0.2) is 13.9 Å². The molecule has 576 valence electrons. The number of phosphoric acid groups is 2. The van der Waals surface area contributed by atoms with Crippen molar-refractivity contribution in [3.8, 4) is 0 Å². The van der Waals surface area contributed by atoms with Gasteiger partial charge in [0.2, 0.25) is 11.8 Å². The van der Waals surface area contributed by atoms with E-state index >= 15 is 0 Å². The SMILES string of the molecule is CCCCCCCCCCCC(=O)O[C@H](CCCCCCCCC)CC(=O)N[C@H]1[C@H](OP(=O)(O)O)O[C@H](CO[C@@H]2O[C@H](CO)[C@@H](OP(=O)(O)O)[C@H](OC(=O)C[C@H](O)CCCCCCC)[C@H]2NC(=O)C[C@@H](CCCCCCCCC)OC(=O)C(O)CCCCCCCCCC)[C@@H](O)[C@@H]1O. The molecule has 2 aliphatic rings. The Morgan fingerprint density at radius 2 is 0.837 bits per heavy atom. The normalized spacial score (nSPS) is 22.6. The third-order valence-electron chi connectivity index (χ3n) is 18.2. The van der Waals surface area contributed by atoms with Gasteiger partial charge < -0.3 is 84.2 Å². The van der Waals surface area contributed by atoms with Crippen LogP contribution in [-0.4, -0.2) is 174 Å². The summed E-state index contributed by atoms with van der Waals surface area (Å²) in [4.78, 5) is 110. The fourth-order valence-electron chi connectivity index (χ4n) is 12.5. The molecule has 0 spiro atoms. The van der Waals surface area contributed by atoms with E-state index in [2.05, 4.69) is 38.3 Å². The molecule has 0 aromatic heterocycles. The quantitative estimate of drug-likeness (QED) is 0.0117. The van der Waals surface area contributed by atoms with Crippen LogP contribution in [0.3, 0.4) is 0 Å². The predicted molar refractivity (Wildman–Crippen MR) is 369 cm³/mol. The Morgan fingerprint density at radius 3 is 1.29 bits per heavy atom. The maximum Gasteiger partial charge on any atom is 0.472 e. The minimum absolute atomic E-state index is 0.117. The number of phosphoric ester groups is 2. The fraction of sp³-hybridized carbons (Fsp3) is 0.929. The highest BCUT2D eigenvalue weighted by molar-refractivity contribution is 7.46. The van der Waals surface area contributed by atoms with E-state index in [4.69, 9.17) is 37.5 Å². The number of hydrogen-bond acceptors (Lipinski definition) is 20. The van der Waals surface area contributed by atoms with Gasteiger partial charge in [0.15, 0.2) is 24.8 Å². The molecule has 0 aliphatic carbocycles. The van der Waals surface area contributed by atoms with Crippen molar-refractivity contribution >= 4 is 45.4 Å². The molecule has 0 aromatic rings. The molecule has 14 atom stereocenters. The van der Waals surface area contributed by atoms with Gasteiger partial charge in [-0.05, 0) is 44.9 Å². The maximum atomic E-state index is 14.6. The average Bonchev–Trinajstić information content (AvgIpc) is 0.788. The van der Waals surface area contributed by atoms with Gasteiger partial charge in [0.25, 0.3) is 0 Å². The van der Waals surface area contributed by atoms with Crippen LogP contribution in [0, 0.1) is 0 Å².